The summed E-state index contributed by atoms with van der Waals surface area (Å²) in [4.78, 5) is 24.3. The number of rotatable bonds is 8. The predicted molar refractivity (Wildman–Crippen MR) is 109 cm³/mol. The second-order valence-electron chi connectivity index (χ2n) is 7.79. The Balaban J connectivity index is 1.17. The number of hydrogen-bond donors (Lipinski definition) is 2. The Kier molecular flexibility index (Phi) is 5.51. The van der Waals surface area contributed by atoms with Gasteiger partial charge in [0.15, 0.2) is 13.2 Å². The summed E-state index contributed by atoms with van der Waals surface area (Å²) in [5.74, 6) is -0.146. The molecule has 2 N–H and O–H groups in total. The molecule has 0 aromatic heterocycles. The molecule has 0 aliphatic heterocycles. The molecule has 0 heterocycles. The predicted octanol–water partition coefficient (Wildman–Crippen LogP) is 3.50. The fourth-order valence-corrected chi connectivity index (χ4v) is 4.41. The van der Waals surface area contributed by atoms with Gasteiger partial charge in [-0.1, -0.05) is 23.2 Å². The van der Waals surface area contributed by atoms with Crippen LogP contribution in [0, 0.1) is 5.82 Å². The van der Waals surface area contributed by atoms with Gasteiger partial charge in [-0.3, -0.25) is 9.59 Å². The van der Waals surface area contributed by atoms with Crippen LogP contribution in [0.3, 0.4) is 0 Å². The number of amides is 2. The highest BCUT2D eigenvalue weighted by Gasteiger charge is 2.69. The maximum Gasteiger partial charge on any atom is 0.258 e. The van der Waals surface area contributed by atoms with Crippen molar-refractivity contribution in [2.75, 3.05) is 13.2 Å². The molecule has 0 spiro atoms. The van der Waals surface area contributed by atoms with Gasteiger partial charge in [0.25, 0.3) is 11.8 Å². The van der Waals surface area contributed by atoms with Crippen LogP contribution in [-0.2, 0) is 9.59 Å². The third kappa shape index (κ3) is 4.47. The van der Waals surface area contributed by atoms with Crippen LogP contribution in [0.1, 0.15) is 19.3 Å². The lowest BCUT2D eigenvalue weighted by atomic mass is 9.44. The Bertz CT molecular complexity index is 964. The first-order valence-corrected chi connectivity index (χ1v) is 10.1. The molecule has 0 radical (unpaired) electrons. The van der Waals surface area contributed by atoms with Crippen LogP contribution in [0.2, 0.25) is 10.0 Å². The SMILES string of the molecule is O=C(COc1ccc(Cl)cc1)NC12CC(NC(=O)COc3ccc(F)c(Cl)c3)(C1)C2. The molecule has 0 atom stereocenters. The fourth-order valence-electron chi connectivity index (χ4n) is 4.11. The summed E-state index contributed by atoms with van der Waals surface area (Å²) in [6, 6.07) is 10.7. The van der Waals surface area contributed by atoms with E-state index < -0.39 is 5.82 Å². The Hall–Kier alpha value is -2.51. The number of benzene rings is 2. The summed E-state index contributed by atoms with van der Waals surface area (Å²) in [5.41, 5.74) is -0.579. The van der Waals surface area contributed by atoms with Crippen molar-refractivity contribution in [1.29, 1.82) is 0 Å². The van der Waals surface area contributed by atoms with Crippen molar-refractivity contribution in [3.05, 3.63) is 58.3 Å². The van der Waals surface area contributed by atoms with E-state index in [0.29, 0.717) is 35.8 Å². The van der Waals surface area contributed by atoms with Gasteiger partial charge in [0, 0.05) is 22.2 Å². The molecular weight excluding hydrogens is 434 g/mol. The summed E-state index contributed by atoms with van der Waals surface area (Å²) >= 11 is 11.5. The standard InChI is InChI=1S/C21H19Cl2FN2O4/c22-13-1-3-14(4-2-13)29-8-18(27)25-20-10-21(11-20,12-20)26-19(28)9-30-15-5-6-17(24)16(23)7-15/h1-7H,8-12H2,(H,25,27)(H,26,28). The molecule has 3 fully saturated rings. The second-order valence-corrected chi connectivity index (χ2v) is 8.64. The quantitative estimate of drug-likeness (QED) is 0.642. The van der Waals surface area contributed by atoms with E-state index in [2.05, 4.69) is 10.6 Å². The van der Waals surface area contributed by atoms with E-state index in [1.165, 1.54) is 18.2 Å². The minimum Gasteiger partial charge on any atom is -0.484 e. The molecule has 0 unspecified atom stereocenters. The number of carbonyl (C=O) groups is 2. The first-order valence-electron chi connectivity index (χ1n) is 9.35. The van der Waals surface area contributed by atoms with Crippen molar-refractivity contribution in [2.45, 2.75) is 30.3 Å². The van der Waals surface area contributed by atoms with Gasteiger partial charge in [-0.25, -0.2) is 4.39 Å². The maximum absolute atomic E-state index is 13.1. The highest BCUT2D eigenvalue weighted by Crippen LogP contribution is 2.60. The van der Waals surface area contributed by atoms with E-state index >= 15 is 0 Å². The van der Waals surface area contributed by atoms with Crippen molar-refractivity contribution in [2.24, 2.45) is 0 Å². The van der Waals surface area contributed by atoms with Crippen molar-refractivity contribution in [1.82, 2.24) is 10.6 Å². The molecule has 0 saturated heterocycles. The largest absolute Gasteiger partial charge is 0.484 e. The van der Waals surface area contributed by atoms with E-state index in [-0.39, 0.29) is 41.1 Å². The van der Waals surface area contributed by atoms with Crippen LogP contribution in [0.5, 0.6) is 11.5 Å². The molecule has 30 heavy (non-hydrogen) atoms. The van der Waals surface area contributed by atoms with Crippen LogP contribution in [0.25, 0.3) is 0 Å². The van der Waals surface area contributed by atoms with Crippen LogP contribution in [0.15, 0.2) is 42.5 Å². The molecule has 158 valence electrons. The summed E-state index contributed by atoms with van der Waals surface area (Å²) < 4.78 is 23.9. The molecule has 2 bridgehead atoms. The Morgan fingerprint density at radius 1 is 0.867 bits per heavy atom. The Morgan fingerprint density at radius 2 is 1.37 bits per heavy atom. The lowest BCUT2D eigenvalue weighted by molar-refractivity contribution is -0.151. The Morgan fingerprint density at radius 3 is 1.90 bits per heavy atom. The van der Waals surface area contributed by atoms with Crippen molar-refractivity contribution in [3.63, 3.8) is 0 Å². The molecule has 2 amide bonds. The van der Waals surface area contributed by atoms with Crippen LogP contribution >= 0.6 is 23.2 Å². The lowest BCUT2D eigenvalue weighted by Crippen LogP contribution is -2.84. The topological polar surface area (TPSA) is 76.7 Å². The molecule has 3 aliphatic carbocycles. The van der Waals surface area contributed by atoms with Crippen molar-refractivity contribution < 1.29 is 23.5 Å². The molecule has 3 saturated carbocycles. The zero-order valence-corrected chi connectivity index (χ0v) is 17.4. The highest BCUT2D eigenvalue weighted by molar-refractivity contribution is 6.31. The highest BCUT2D eigenvalue weighted by atomic mass is 35.5. The van der Waals surface area contributed by atoms with Gasteiger partial charge < -0.3 is 20.1 Å². The van der Waals surface area contributed by atoms with E-state index in [9.17, 15) is 14.0 Å². The minimum absolute atomic E-state index is 0.0648. The van der Waals surface area contributed by atoms with Gasteiger partial charge in [-0.15, -0.1) is 0 Å². The lowest BCUT2D eigenvalue weighted by Gasteiger charge is -2.70. The number of hydrogen-bond acceptors (Lipinski definition) is 4. The van der Waals surface area contributed by atoms with Gasteiger partial charge in [-0.05, 0) is 55.7 Å². The maximum atomic E-state index is 13.1. The zero-order valence-electron chi connectivity index (χ0n) is 15.8. The first kappa shape index (κ1) is 20.8. The summed E-state index contributed by atoms with van der Waals surface area (Å²) in [6.07, 6.45) is 2.00. The van der Waals surface area contributed by atoms with E-state index in [1.54, 1.807) is 24.3 Å². The van der Waals surface area contributed by atoms with E-state index in [0.717, 1.165) is 0 Å². The van der Waals surface area contributed by atoms with Crippen LogP contribution in [-0.4, -0.2) is 36.1 Å². The smallest absolute Gasteiger partial charge is 0.258 e. The third-order valence-corrected chi connectivity index (χ3v) is 5.83. The average Bonchev–Trinajstić information content (AvgIpc) is 2.66. The summed E-state index contributed by atoms with van der Waals surface area (Å²) in [5, 5.41) is 6.47. The third-order valence-electron chi connectivity index (χ3n) is 5.28. The van der Waals surface area contributed by atoms with Crippen LogP contribution in [0.4, 0.5) is 4.39 Å². The van der Waals surface area contributed by atoms with Gasteiger partial charge in [-0.2, -0.15) is 0 Å². The van der Waals surface area contributed by atoms with E-state index in [1.807, 2.05) is 0 Å². The fraction of sp³-hybridized carbons (Fsp3) is 0.333. The second kappa shape index (κ2) is 7.96. The average molecular weight is 453 g/mol. The van der Waals surface area contributed by atoms with Crippen molar-refractivity contribution >= 4 is 35.0 Å². The molecule has 2 aromatic rings. The molecule has 6 nitrogen and oxygen atoms in total. The van der Waals surface area contributed by atoms with Crippen molar-refractivity contribution in [3.8, 4) is 11.5 Å². The van der Waals surface area contributed by atoms with Gasteiger partial charge in [0.2, 0.25) is 0 Å². The van der Waals surface area contributed by atoms with Crippen LogP contribution < -0.4 is 20.1 Å². The minimum atomic E-state index is -0.548. The molecule has 5 rings (SSSR count). The number of nitrogens with one attached hydrogen (secondary N) is 2. The van der Waals surface area contributed by atoms with Gasteiger partial charge >= 0.3 is 0 Å². The zero-order chi connectivity index (χ0) is 21.4. The first-order chi connectivity index (χ1) is 14.3. The summed E-state index contributed by atoms with van der Waals surface area (Å²) in [6.45, 7) is -0.283. The number of carbonyl (C=O) groups excluding carboxylic acids is 2. The molecule has 9 heteroatoms. The number of ether oxygens (including phenoxy) is 2. The number of halogens is 3. The normalized spacial score (nSPS) is 23.6. The molecular formula is C21H19Cl2FN2O4. The monoisotopic (exact) mass is 452 g/mol. The van der Waals surface area contributed by atoms with Gasteiger partial charge in [0.05, 0.1) is 5.02 Å². The molecule has 2 aromatic carbocycles. The summed E-state index contributed by atoms with van der Waals surface area (Å²) in [7, 11) is 0. The Labute approximate surface area is 182 Å². The van der Waals surface area contributed by atoms with E-state index in [4.69, 9.17) is 32.7 Å². The molecule has 3 aliphatic rings. The van der Waals surface area contributed by atoms with Gasteiger partial charge in [0.1, 0.15) is 17.3 Å².